The van der Waals surface area contributed by atoms with Crippen molar-refractivity contribution in [3.8, 4) is 0 Å². The molecule has 0 atom stereocenters. The molecule has 25 heavy (non-hydrogen) atoms. The number of carbonyl (C=O) groups is 2. The summed E-state index contributed by atoms with van der Waals surface area (Å²) in [5, 5.41) is 7.71. The lowest BCUT2D eigenvalue weighted by atomic mass is 10.2. The Morgan fingerprint density at radius 2 is 2.16 bits per heavy atom. The first-order valence-electron chi connectivity index (χ1n) is 8.20. The molecular weight excluding hydrogens is 336 g/mol. The van der Waals surface area contributed by atoms with Crippen molar-refractivity contribution >= 4 is 33.8 Å². The number of fused-ring (bicyclic) bond motifs is 1. The van der Waals surface area contributed by atoms with Crippen molar-refractivity contribution in [1.82, 2.24) is 14.7 Å². The third-order valence-corrected chi connectivity index (χ3v) is 4.43. The summed E-state index contributed by atoms with van der Waals surface area (Å²) < 4.78 is 1.91. The van der Waals surface area contributed by atoms with Gasteiger partial charge in [0, 0.05) is 36.4 Å². The fraction of sp³-hybridized carbons (Fsp3) is 0.278. The average Bonchev–Trinajstić information content (AvgIpc) is 3.15. The highest BCUT2D eigenvalue weighted by Gasteiger charge is 2.08. The van der Waals surface area contributed by atoms with E-state index in [2.05, 4.69) is 15.6 Å². The van der Waals surface area contributed by atoms with Crippen molar-refractivity contribution in [1.29, 1.82) is 0 Å². The molecule has 0 spiro atoms. The molecule has 2 aromatic heterocycles. The minimum Gasteiger partial charge on any atom is -0.352 e. The van der Waals surface area contributed by atoms with Gasteiger partial charge in [-0.1, -0.05) is 19.1 Å². The van der Waals surface area contributed by atoms with Gasteiger partial charge in [-0.15, -0.1) is 11.3 Å². The van der Waals surface area contributed by atoms with E-state index in [1.807, 2.05) is 53.4 Å². The van der Waals surface area contributed by atoms with Crippen molar-refractivity contribution in [2.24, 2.45) is 0 Å². The van der Waals surface area contributed by atoms with Gasteiger partial charge in [-0.25, -0.2) is 4.98 Å². The third-order valence-electron chi connectivity index (χ3n) is 3.66. The molecule has 0 bridgehead atoms. The molecule has 0 aliphatic heterocycles. The summed E-state index contributed by atoms with van der Waals surface area (Å²) in [6.45, 7) is 2.38. The SMILES string of the molecule is CCCC(=O)Nc1cccc(CNC(=O)Cc2cn3ccsc3n2)c1. The Labute approximate surface area is 149 Å². The molecule has 3 rings (SSSR count). The van der Waals surface area contributed by atoms with E-state index in [1.165, 1.54) is 0 Å². The number of hydrogen-bond donors (Lipinski definition) is 2. The molecule has 0 unspecified atom stereocenters. The predicted octanol–water partition coefficient (Wildman–Crippen LogP) is 2.99. The van der Waals surface area contributed by atoms with Crippen molar-refractivity contribution in [3.63, 3.8) is 0 Å². The average molecular weight is 356 g/mol. The number of carbonyl (C=O) groups excluding carboxylic acids is 2. The van der Waals surface area contributed by atoms with Crippen LogP contribution in [0.25, 0.3) is 4.96 Å². The Balaban J connectivity index is 1.53. The fourth-order valence-electron chi connectivity index (χ4n) is 2.50. The minimum atomic E-state index is -0.0776. The van der Waals surface area contributed by atoms with Crippen molar-refractivity contribution < 1.29 is 9.59 Å². The first-order valence-corrected chi connectivity index (χ1v) is 9.08. The maximum atomic E-state index is 12.1. The Morgan fingerprint density at radius 3 is 2.96 bits per heavy atom. The van der Waals surface area contributed by atoms with Crippen LogP contribution in [0, 0.1) is 0 Å². The first-order chi connectivity index (χ1) is 12.1. The second kappa shape index (κ2) is 7.94. The van der Waals surface area contributed by atoms with E-state index in [0.29, 0.717) is 13.0 Å². The normalized spacial score (nSPS) is 10.8. The van der Waals surface area contributed by atoms with Crippen LogP contribution in [0.3, 0.4) is 0 Å². The molecule has 0 saturated heterocycles. The van der Waals surface area contributed by atoms with Crippen LogP contribution < -0.4 is 10.6 Å². The summed E-state index contributed by atoms with van der Waals surface area (Å²) in [5.74, 6) is -0.0744. The van der Waals surface area contributed by atoms with Gasteiger partial charge >= 0.3 is 0 Å². The Kier molecular flexibility index (Phi) is 5.45. The molecule has 130 valence electrons. The van der Waals surface area contributed by atoms with E-state index >= 15 is 0 Å². The van der Waals surface area contributed by atoms with Gasteiger partial charge in [0.2, 0.25) is 11.8 Å². The van der Waals surface area contributed by atoms with Crippen LogP contribution in [0.15, 0.2) is 42.0 Å². The molecule has 0 aliphatic carbocycles. The molecule has 0 aliphatic rings. The van der Waals surface area contributed by atoms with Crippen molar-refractivity contribution in [3.05, 3.63) is 53.3 Å². The van der Waals surface area contributed by atoms with Gasteiger partial charge in [0.1, 0.15) is 0 Å². The molecule has 1 aromatic carbocycles. The van der Waals surface area contributed by atoms with Gasteiger partial charge in [0.05, 0.1) is 12.1 Å². The number of amides is 2. The summed E-state index contributed by atoms with van der Waals surface area (Å²) >= 11 is 1.54. The zero-order valence-corrected chi connectivity index (χ0v) is 14.8. The number of nitrogens with one attached hydrogen (secondary N) is 2. The number of rotatable bonds is 7. The summed E-state index contributed by atoms with van der Waals surface area (Å²) in [6.07, 6.45) is 5.36. The molecule has 0 radical (unpaired) electrons. The van der Waals surface area contributed by atoms with Crippen LogP contribution in [0.2, 0.25) is 0 Å². The molecular formula is C18H20N4O2S. The largest absolute Gasteiger partial charge is 0.352 e. The molecule has 2 heterocycles. The number of thiazole rings is 1. The molecule has 2 N–H and O–H groups in total. The Morgan fingerprint density at radius 1 is 1.28 bits per heavy atom. The van der Waals surface area contributed by atoms with Crippen LogP contribution >= 0.6 is 11.3 Å². The lowest BCUT2D eigenvalue weighted by molar-refractivity contribution is -0.120. The predicted molar refractivity (Wildman–Crippen MR) is 98.6 cm³/mol. The number of anilines is 1. The molecule has 7 heteroatoms. The van der Waals surface area contributed by atoms with Crippen molar-refractivity contribution in [2.45, 2.75) is 32.7 Å². The summed E-state index contributed by atoms with van der Waals surface area (Å²) in [4.78, 5) is 29.1. The Hall–Kier alpha value is -2.67. The van der Waals surface area contributed by atoms with E-state index in [4.69, 9.17) is 0 Å². The van der Waals surface area contributed by atoms with E-state index in [9.17, 15) is 9.59 Å². The highest BCUT2D eigenvalue weighted by Crippen LogP contribution is 2.13. The van der Waals surface area contributed by atoms with Crippen LogP contribution in [0.5, 0.6) is 0 Å². The highest BCUT2D eigenvalue weighted by molar-refractivity contribution is 7.15. The zero-order chi connectivity index (χ0) is 17.6. The van der Waals surface area contributed by atoms with Crippen molar-refractivity contribution in [2.75, 3.05) is 5.32 Å². The van der Waals surface area contributed by atoms with E-state index < -0.39 is 0 Å². The minimum absolute atomic E-state index is 0.00318. The van der Waals surface area contributed by atoms with E-state index in [0.717, 1.165) is 28.3 Å². The quantitative estimate of drug-likeness (QED) is 0.683. The van der Waals surface area contributed by atoms with Crippen LogP contribution in [0.1, 0.15) is 31.0 Å². The third kappa shape index (κ3) is 4.67. The summed E-state index contributed by atoms with van der Waals surface area (Å²) in [5.41, 5.74) is 2.44. The number of hydrogen-bond acceptors (Lipinski definition) is 4. The Bertz CT molecular complexity index is 855. The zero-order valence-electron chi connectivity index (χ0n) is 14.0. The summed E-state index contributed by atoms with van der Waals surface area (Å²) in [7, 11) is 0. The number of imidazole rings is 1. The first kappa shape index (κ1) is 17.2. The summed E-state index contributed by atoms with van der Waals surface area (Å²) in [6, 6.07) is 7.51. The lowest BCUT2D eigenvalue weighted by Crippen LogP contribution is -2.24. The van der Waals surface area contributed by atoms with E-state index in [1.54, 1.807) is 11.3 Å². The molecule has 3 aromatic rings. The number of aromatic nitrogens is 2. The topological polar surface area (TPSA) is 75.5 Å². The number of benzene rings is 1. The monoisotopic (exact) mass is 356 g/mol. The molecule has 2 amide bonds. The maximum absolute atomic E-state index is 12.1. The second-order valence-corrected chi connectivity index (χ2v) is 6.65. The lowest BCUT2D eigenvalue weighted by Gasteiger charge is -2.08. The smallest absolute Gasteiger partial charge is 0.226 e. The standard InChI is InChI=1S/C18H20N4O2S/c1-2-4-16(23)20-14-6-3-5-13(9-14)11-19-17(24)10-15-12-22-7-8-25-18(22)21-15/h3,5-9,12H,2,4,10-11H2,1H3,(H,19,24)(H,20,23). The molecule has 0 fully saturated rings. The maximum Gasteiger partial charge on any atom is 0.226 e. The van der Waals surface area contributed by atoms with Crippen LogP contribution in [-0.4, -0.2) is 21.2 Å². The van der Waals surface area contributed by atoms with Gasteiger partial charge in [0.15, 0.2) is 4.96 Å². The highest BCUT2D eigenvalue weighted by atomic mass is 32.1. The van der Waals surface area contributed by atoms with Crippen LogP contribution in [-0.2, 0) is 22.6 Å². The fourth-order valence-corrected chi connectivity index (χ4v) is 3.22. The molecule has 0 saturated carbocycles. The van der Waals surface area contributed by atoms with Gasteiger partial charge in [-0.2, -0.15) is 0 Å². The van der Waals surface area contributed by atoms with Gasteiger partial charge < -0.3 is 10.6 Å². The van der Waals surface area contributed by atoms with Gasteiger partial charge in [-0.3, -0.25) is 14.0 Å². The van der Waals surface area contributed by atoms with Gasteiger partial charge in [-0.05, 0) is 24.1 Å². The molecule has 6 nitrogen and oxygen atoms in total. The number of nitrogens with zero attached hydrogens (tertiary/aromatic N) is 2. The second-order valence-electron chi connectivity index (χ2n) is 5.78. The van der Waals surface area contributed by atoms with Crippen LogP contribution in [0.4, 0.5) is 5.69 Å². The van der Waals surface area contributed by atoms with Gasteiger partial charge in [0.25, 0.3) is 0 Å². The van der Waals surface area contributed by atoms with E-state index in [-0.39, 0.29) is 18.2 Å².